The zero-order chi connectivity index (χ0) is 16.2. The minimum Gasteiger partial charge on any atom is -0.497 e. The fraction of sp³-hybridized carbons (Fsp3) is 0.238. The van der Waals surface area contributed by atoms with Crippen molar-refractivity contribution in [2.24, 2.45) is 0 Å². The van der Waals surface area contributed by atoms with Gasteiger partial charge in [-0.25, -0.2) is 0 Å². The molecule has 1 atom stereocenters. The Kier molecular flexibility index (Phi) is 4.52. The lowest BCUT2D eigenvalue weighted by atomic mass is 10.0. The van der Waals surface area contributed by atoms with Crippen LogP contribution in [0.4, 0.5) is 5.69 Å². The van der Waals surface area contributed by atoms with Crippen LogP contribution in [0.25, 0.3) is 10.8 Å². The Labute approximate surface area is 138 Å². The number of aryl methyl sites for hydroxylation is 1. The van der Waals surface area contributed by atoms with Gasteiger partial charge in [0, 0.05) is 17.1 Å². The zero-order valence-corrected chi connectivity index (χ0v) is 14.0. The van der Waals surface area contributed by atoms with Gasteiger partial charge in [-0.3, -0.25) is 0 Å². The Bertz CT molecular complexity index is 805. The molecule has 2 heteroatoms. The fourth-order valence-electron chi connectivity index (χ4n) is 3.08. The molecule has 118 valence electrons. The third-order valence-corrected chi connectivity index (χ3v) is 4.08. The van der Waals surface area contributed by atoms with E-state index in [2.05, 4.69) is 79.8 Å². The molecule has 2 nitrogen and oxygen atoms in total. The maximum atomic E-state index is 5.37. The number of nitrogens with one attached hydrogen (secondary N) is 1. The number of anilines is 1. The summed E-state index contributed by atoms with van der Waals surface area (Å²) in [6, 6.07) is 21.6. The van der Waals surface area contributed by atoms with E-state index < -0.39 is 0 Å². The molecule has 3 aromatic rings. The van der Waals surface area contributed by atoms with Crippen LogP contribution in [0.3, 0.4) is 0 Å². The van der Waals surface area contributed by atoms with Gasteiger partial charge in [0.05, 0.1) is 7.11 Å². The summed E-state index contributed by atoms with van der Waals surface area (Å²) in [5.74, 6) is 0.928. The van der Waals surface area contributed by atoms with Crippen LogP contribution in [0.2, 0.25) is 0 Å². The van der Waals surface area contributed by atoms with E-state index in [4.69, 9.17) is 4.74 Å². The van der Waals surface area contributed by atoms with Crippen molar-refractivity contribution < 1.29 is 4.74 Å². The number of hydrogen-bond donors (Lipinski definition) is 1. The molecule has 0 amide bonds. The van der Waals surface area contributed by atoms with Gasteiger partial charge >= 0.3 is 0 Å². The predicted octanol–water partition coefficient (Wildman–Crippen LogP) is 5.20. The van der Waals surface area contributed by atoms with E-state index in [0.29, 0.717) is 6.04 Å². The number of hydrogen-bond acceptors (Lipinski definition) is 2. The number of benzene rings is 3. The van der Waals surface area contributed by atoms with Gasteiger partial charge in [-0.2, -0.15) is 0 Å². The Morgan fingerprint density at radius 1 is 1.00 bits per heavy atom. The number of methoxy groups -OCH3 is 1. The van der Waals surface area contributed by atoms with Crippen LogP contribution in [0.15, 0.2) is 60.7 Å². The van der Waals surface area contributed by atoms with Crippen LogP contribution < -0.4 is 10.1 Å². The van der Waals surface area contributed by atoms with Crippen molar-refractivity contribution in [3.05, 3.63) is 71.8 Å². The summed E-state index contributed by atoms with van der Waals surface area (Å²) in [5.41, 5.74) is 3.72. The quantitative estimate of drug-likeness (QED) is 0.699. The maximum Gasteiger partial charge on any atom is 0.119 e. The molecule has 1 N–H and O–H groups in total. The van der Waals surface area contributed by atoms with E-state index in [0.717, 1.165) is 12.2 Å². The molecule has 0 saturated carbocycles. The first kappa shape index (κ1) is 15.4. The maximum absolute atomic E-state index is 5.37. The van der Waals surface area contributed by atoms with Gasteiger partial charge in [0.15, 0.2) is 0 Å². The summed E-state index contributed by atoms with van der Waals surface area (Å²) in [7, 11) is 1.72. The number of fused-ring (bicyclic) bond motifs is 1. The molecule has 3 rings (SSSR count). The molecule has 3 aromatic carbocycles. The molecular weight excluding hydrogens is 282 g/mol. The third-order valence-electron chi connectivity index (χ3n) is 4.08. The molecule has 0 aliphatic rings. The van der Waals surface area contributed by atoms with Crippen LogP contribution in [-0.4, -0.2) is 13.2 Å². The number of rotatable bonds is 5. The van der Waals surface area contributed by atoms with Crippen LogP contribution in [-0.2, 0) is 6.42 Å². The van der Waals surface area contributed by atoms with Crippen molar-refractivity contribution >= 4 is 16.5 Å². The normalized spacial score (nSPS) is 12.1. The molecule has 0 unspecified atom stereocenters. The van der Waals surface area contributed by atoms with Crippen molar-refractivity contribution in [2.45, 2.75) is 26.3 Å². The van der Waals surface area contributed by atoms with E-state index in [1.54, 1.807) is 7.11 Å². The topological polar surface area (TPSA) is 21.3 Å². The summed E-state index contributed by atoms with van der Waals surface area (Å²) >= 11 is 0. The van der Waals surface area contributed by atoms with Crippen molar-refractivity contribution in [2.75, 3.05) is 12.4 Å². The zero-order valence-electron chi connectivity index (χ0n) is 14.0. The largest absolute Gasteiger partial charge is 0.497 e. The minimum atomic E-state index is 0.340. The number of ether oxygens (including phenoxy) is 1. The first-order valence-electron chi connectivity index (χ1n) is 8.04. The molecule has 0 radical (unpaired) electrons. The molecule has 0 spiro atoms. The van der Waals surface area contributed by atoms with Gasteiger partial charge in [-0.1, -0.05) is 42.5 Å². The monoisotopic (exact) mass is 305 g/mol. The van der Waals surface area contributed by atoms with E-state index in [9.17, 15) is 0 Å². The van der Waals surface area contributed by atoms with Crippen LogP contribution >= 0.6 is 0 Å². The van der Waals surface area contributed by atoms with Crippen molar-refractivity contribution in [3.8, 4) is 5.75 Å². The molecule has 23 heavy (non-hydrogen) atoms. The minimum absolute atomic E-state index is 0.340. The second kappa shape index (κ2) is 6.74. The highest BCUT2D eigenvalue weighted by atomic mass is 16.5. The van der Waals surface area contributed by atoms with Gasteiger partial charge in [-0.05, 0) is 55.0 Å². The highest BCUT2D eigenvalue weighted by molar-refractivity contribution is 5.93. The third kappa shape index (κ3) is 3.65. The van der Waals surface area contributed by atoms with Crippen molar-refractivity contribution in [1.82, 2.24) is 0 Å². The van der Waals surface area contributed by atoms with E-state index in [-0.39, 0.29) is 0 Å². The van der Waals surface area contributed by atoms with Crippen LogP contribution in [0.1, 0.15) is 18.1 Å². The lowest BCUT2D eigenvalue weighted by molar-refractivity contribution is 0.414. The summed E-state index contributed by atoms with van der Waals surface area (Å²) in [6.45, 7) is 4.32. The van der Waals surface area contributed by atoms with Gasteiger partial charge < -0.3 is 10.1 Å². The molecule has 0 bridgehead atoms. The average molecular weight is 305 g/mol. The van der Waals surface area contributed by atoms with Crippen LogP contribution in [0, 0.1) is 6.92 Å². The molecule has 0 heterocycles. The Hall–Kier alpha value is -2.48. The van der Waals surface area contributed by atoms with Crippen molar-refractivity contribution in [1.29, 1.82) is 0 Å². The summed E-state index contributed by atoms with van der Waals surface area (Å²) < 4.78 is 5.37. The lowest BCUT2D eigenvalue weighted by Gasteiger charge is -2.18. The molecule has 0 aliphatic heterocycles. The summed E-state index contributed by atoms with van der Waals surface area (Å²) in [6.07, 6.45) is 0.960. The summed E-state index contributed by atoms with van der Waals surface area (Å²) in [5, 5.41) is 6.18. The fourth-order valence-corrected chi connectivity index (χ4v) is 3.08. The molecule has 0 saturated heterocycles. The second-order valence-electron chi connectivity index (χ2n) is 6.13. The summed E-state index contributed by atoms with van der Waals surface area (Å²) in [4.78, 5) is 0. The Morgan fingerprint density at radius 2 is 1.78 bits per heavy atom. The van der Waals surface area contributed by atoms with Gasteiger partial charge in [-0.15, -0.1) is 0 Å². The first-order valence-corrected chi connectivity index (χ1v) is 8.04. The van der Waals surface area contributed by atoms with Gasteiger partial charge in [0.1, 0.15) is 5.75 Å². The van der Waals surface area contributed by atoms with Gasteiger partial charge in [0.2, 0.25) is 0 Å². The van der Waals surface area contributed by atoms with E-state index in [1.807, 2.05) is 0 Å². The van der Waals surface area contributed by atoms with Crippen molar-refractivity contribution in [3.63, 3.8) is 0 Å². The van der Waals surface area contributed by atoms with E-state index in [1.165, 1.54) is 27.6 Å². The molecular formula is C21H23NO. The first-order chi connectivity index (χ1) is 11.2. The smallest absolute Gasteiger partial charge is 0.119 e. The Balaban J connectivity index is 1.79. The van der Waals surface area contributed by atoms with Gasteiger partial charge in [0.25, 0.3) is 0 Å². The average Bonchev–Trinajstić information content (AvgIpc) is 2.54. The molecule has 0 aromatic heterocycles. The van der Waals surface area contributed by atoms with Crippen LogP contribution in [0.5, 0.6) is 5.75 Å². The lowest BCUT2D eigenvalue weighted by Crippen LogP contribution is -2.18. The van der Waals surface area contributed by atoms with E-state index >= 15 is 0 Å². The standard InChI is InChI=1S/C21H23NO/c1-15-11-17(14-19(12-15)23-3)13-16(2)22-21-10-6-8-18-7-4-5-9-20(18)21/h4-12,14,16,22H,13H2,1-3H3/t16-/m0/s1. The predicted molar refractivity (Wildman–Crippen MR) is 98.5 cm³/mol. The highest BCUT2D eigenvalue weighted by Gasteiger charge is 2.08. The Morgan fingerprint density at radius 3 is 2.61 bits per heavy atom. The highest BCUT2D eigenvalue weighted by Crippen LogP contribution is 2.24. The molecule has 0 aliphatic carbocycles. The SMILES string of the molecule is COc1cc(C)cc(C[C@H](C)Nc2cccc3ccccc23)c1. The second-order valence-corrected chi connectivity index (χ2v) is 6.13. The molecule has 0 fully saturated rings.